The maximum absolute atomic E-state index is 14.1. The first-order valence-corrected chi connectivity index (χ1v) is 12.0. The highest BCUT2D eigenvalue weighted by molar-refractivity contribution is 7.89. The van der Waals surface area contributed by atoms with Crippen LogP contribution in [-0.2, 0) is 16.6 Å². The molecule has 0 fully saturated rings. The normalized spacial score (nSPS) is 16.0. The van der Waals surface area contributed by atoms with Crippen LogP contribution in [0.3, 0.4) is 0 Å². The van der Waals surface area contributed by atoms with Gasteiger partial charge in [-0.05, 0) is 42.0 Å². The largest absolute Gasteiger partial charge is 0.497 e. The molecule has 4 rings (SSSR count). The van der Waals surface area contributed by atoms with E-state index in [1.165, 1.54) is 45.9 Å². The summed E-state index contributed by atoms with van der Waals surface area (Å²) in [6, 6.07) is 11.5. The summed E-state index contributed by atoms with van der Waals surface area (Å²) in [5.74, 6) is 1.98. The minimum absolute atomic E-state index is 0.0341. The predicted molar refractivity (Wildman–Crippen MR) is 126 cm³/mol. The number of nitrogens with zero attached hydrogens (tertiary/aromatic N) is 2. The molecule has 0 amide bonds. The Morgan fingerprint density at radius 1 is 0.794 bits per heavy atom. The van der Waals surface area contributed by atoms with Gasteiger partial charge in [-0.15, -0.1) is 0 Å². The van der Waals surface area contributed by atoms with E-state index in [1.54, 1.807) is 24.3 Å². The summed E-state index contributed by atoms with van der Waals surface area (Å²) in [7, 11) is 3.51. The fourth-order valence-corrected chi connectivity index (χ4v) is 6.08. The second-order valence-corrected chi connectivity index (χ2v) is 9.48. The number of aromatic nitrogens is 1. The third kappa shape index (κ3) is 3.92. The molecule has 0 saturated carbocycles. The number of hydrogen-bond donors (Lipinski definition) is 0. The van der Waals surface area contributed by atoms with Crippen molar-refractivity contribution in [1.29, 1.82) is 0 Å². The minimum atomic E-state index is -4.01. The molecule has 1 aromatic heterocycles. The van der Waals surface area contributed by atoms with Crippen LogP contribution in [-0.4, -0.2) is 59.4 Å². The standard InChI is InChI=1S/C24H28N2O7S/c1-29-17-8-9-19(30-2)22(15-17)34(27,28)26-12-11-25-10-6-7-18(25)23(26)16-13-20(31-3)24(33-5)21(14-16)32-4/h6-10,13-15,23H,11-12H2,1-5H3. The van der Waals surface area contributed by atoms with Gasteiger partial charge in [-0.25, -0.2) is 8.42 Å². The second-order valence-electron chi connectivity index (χ2n) is 7.62. The molecule has 34 heavy (non-hydrogen) atoms. The lowest BCUT2D eigenvalue weighted by molar-refractivity contribution is 0.291. The predicted octanol–water partition coefficient (Wildman–Crippen LogP) is 3.33. The summed E-state index contributed by atoms with van der Waals surface area (Å²) in [4.78, 5) is 0.0341. The summed E-state index contributed by atoms with van der Waals surface area (Å²) in [5, 5.41) is 0. The van der Waals surface area contributed by atoms with Crippen LogP contribution in [0, 0.1) is 0 Å². The van der Waals surface area contributed by atoms with Crippen LogP contribution >= 0.6 is 0 Å². The Bertz CT molecular complexity index is 1260. The van der Waals surface area contributed by atoms with Crippen molar-refractivity contribution in [2.45, 2.75) is 17.5 Å². The van der Waals surface area contributed by atoms with Crippen molar-refractivity contribution < 1.29 is 32.1 Å². The van der Waals surface area contributed by atoms with Crippen LogP contribution in [0.4, 0.5) is 0 Å². The van der Waals surface area contributed by atoms with E-state index >= 15 is 0 Å². The van der Waals surface area contributed by atoms with Gasteiger partial charge in [0.15, 0.2) is 11.5 Å². The van der Waals surface area contributed by atoms with Gasteiger partial charge in [-0.1, -0.05) is 0 Å². The van der Waals surface area contributed by atoms with Crippen LogP contribution in [0.15, 0.2) is 53.6 Å². The lowest BCUT2D eigenvalue weighted by Crippen LogP contribution is -2.42. The average molecular weight is 489 g/mol. The van der Waals surface area contributed by atoms with Gasteiger partial charge in [-0.2, -0.15) is 4.31 Å². The topological polar surface area (TPSA) is 88.5 Å². The molecule has 0 aliphatic carbocycles. The quantitative estimate of drug-likeness (QED) is 0.481. The van der Waals surface area contributed by atoms with Gasteiger partial charge in [0.1, 0.15) is 16.4 Å². The fraction of sp³-hybridized carbons (Fsp3) is 0.333. The van der Waals surface area contributed by atoms with Gasteiger partial charge in [0.2, 0.25) is 15.8 Å². The fourth-order valence-electron chi connectivity index (χ4n) is 4.33. The molecule has 2 aromatic carbocycles. The van der Waals surface area contributed by atoms with Crippen molar-refractivity contribution in [3.63, 3.8) is 0 Å². The van der Waals surface area contributed by atoms with E-state index in [0.717, 1.165) is 5.69 Å². The molecule has 0 saturated heterocycles. The zero-order valence-electron chi connectivity index (χ0n) is 19.8. The number of methoxy groups -OCH3 is 5. The van der Waals surface area contributed by atoms with E-state index in [4.69, 9.17) is 23.7 Å². The number of sulfonamides is 1. The number of hydrogen-bond acceptors (Lipinski definition) is 7. The summed E-state index contributed by atoms with van der Waals surface area (Å²) >= 11 is 0. The zero-order valence-corrected chi connectivity index (χ0v) is 20.6. The maximum Gasteiger partial charge on any atom is 0.247 e. The highest BCUT2D eigenvalue weighted by Gasteiger charge is 2.40. The van der Waals surface area contributed by atoms with E-state index in [2.05, 4.69) is 0 Å². The molecule has 0 radical (unpaired) electrons. The monoisotopic (exact) mass is 488 g/mol. The average Bonchev–Trinajstić information content (AvgIpc) is 3.35. The van der Waals surface area contributed by atoms with Crippen molar-refractivity contribution >= 4 is 10.0 Å². The molecular formula is C24H28N2O7S. The molecule has 9 nitrogen and oxygen atoms in total. The SMILES string of the molecule is COc1ccc(OC)c(S(=O)(=O)N2CCn3cccc3C2c2cc(OC)c(OC)c(OC)c2)c1. The van der Waals surface area contributed by atoms with Crippen LogP contribution in [0.1, 0.15) is 17.3 Å². The molecule has 0 N–H and O–H groups in total. The van der Waals surface area contributed by atoms with Crippen LogP contribution in [0.5, 0.6) is 28.7 Å². The first-order valence-electron chi connectivity index (χ1n) is 10.6. The van der Waals surface area contributed by atoms with E-state index in [1.807, 2.05) is 22.9 Å². The third-order valence-corrected chi connectivity index (χ3v) is 7.84. The first-order chi connectivity index (χ1) is 16.4. The Labute approximate surface area is 199 Å². The molecule has 1 aliphatic heterocycles. The Balaban J connectivity index is 1.93. The number of ether oxygens (including phenoxy) is 5. The molecule has 0 spiro atoms. The lowest BCUT2D eigenvalue weighted by atomic mass is 10.0. The Hall–Kier alpha value is -3.37. The van der Waals surface area contributed by atoms with E-state index < -0.39 is 16.1 Å². The molecule has 0 bridgehead atoms. The zero-order chi connectivity index (χ0) is 24.5. The number of fused-ring (bicyclic) bond motifs is 1. The molecule has 2 heterocycles. The molecule has 1 aliphatic rings. The molecule has 1 unspecified atom stereocenters. The third-order valence-electron chi connectivity index (χ3n) is 5.95. The van der Waals surface area contributed by atoms with E-state index in [9.17, 15) is 8.42 Å². The van der Waals surface area contributed by atoms with Crippen molar-refractivity contribution in [1.82, 2.24) is 8.87 Å². The Kier molecular flexibility index (Phi) is 6.63. The van der Waals surface area contributed by atoms with E-state index in [-0.39, 0.29) is 17.2 Å². The first kappa shape index (κ1) is 23.8. The highest BCUT2D eigenvalue weighted by atomic mass is 32.2. The summed E-state index contributed by atoms with van der Waals surface area (Å²) in [5.41, 5.74) is 1.51. The van der Waals surface area contributed by atoms with E-state index in [0.29, 0.717) is 35.1 Å². The maximum atomic E-state index is 14.1. The summed E-state index contributed by atoms with van der Waals surface area (Å²) < 4.78 is 58.9. The van der Waals surface area contributed by atoms with Gasteiger partial charge < -0.3 is 28.3 Å². The lowest BCUT2D eigenvalue weighted by Gasteiger charge is -2.37. The van der Waals surface area contributed by atoms with Crippen molar-refractivity contribution in [2.24, 2.45) is 0 Å². The number of rotatable bonds is 8. The molecule has 10 heteroatoms. The summed E-state index contributed by atoms with van der Waals surface area (Å²) in [6.45, 7) is 0.764. The summed E-state index contributed by atoms with van der Waals surface area (Å²) in [6.07, 6.45) is 1.94. The second kappa shape index (κ2) is 9.47. The van der Waals surface area contributed by atoms with Crippen molar-refractivity contribution in [2.75, 3.05) is 42.1 Å². The van der Waals surface area contributed by atoms with Gasteiger partial charge in [0.05, 0.1) is 41.6 Å². The smallest absolute Gasteiger partial charge is 0.247 e. The number of benzene rings is 2. The van der Waals surface area contributed by atoms with Crippen LogP contribution in [0.2, 0.25) is 0 Å². The molecule has 1 atom stereocenters. The van der Waals surface area contributed by atoms with Crippen molar-refractivity contribution in [3.8, 4) is 28.7 Å². The Morgan fingerprint density at radius 2 is 1.47 bits per heavy atom. The van der Waals surface area contributed by atoms with Gasteiger partial charge in [-0.3, -0.25) is 0 Å². The van der Waals surface area contributed by atoms with Crippen LogP contribution in [0.25, 0.3) is 0 Å². The highest BCUT2D eigenvalue weighted by Crippen LogP contribution is 2.45. The van der Waals surface area contributed by atoms with Gasteiger partial charge in [0.25, 0.3) is 0 Å². The van der Waals surface area contributed by atoms with Gasteiger partial charge >= 0.3 is 0 Å². The van der Waals surface area contributed by atoms with Crippen molar-refractivity contribution in [3.05, 3.63) is 59.9 Å². The molecule has 182 valence electrons. The Morgan fingerprint density at radius 3 is 2.06 bits per heavy atom. The molecule has 3 aromatic rings. The van der Waals surface area contributed by atoms with Gasteiger partial charge in [0, 0.05) is 31.0 Å². The van der Waals surface area contributed by atoms with Crippen LogP contribution < -0.4 is 23.7 Å². The minimum Gasteiger partial charge on any atom is -0.497 e. The molecular weight excluding hydrogens is 460 g/mol.